The van der Waals surface area contributed by atoms with Crippen LogP contribution < -0.4 is 0 Å². The maximum atomic E-state index is 13.6. The van der Waals surface area contributed by atoms with Crippen molar-refractivity contribution in [3.8, 4) is 0 Å². The van der Waals surface area contributed by atoms with Crippen LogP contribution in [0.2, 0.25) is 0 Å². The minimum Gasteiger partial charge on any atom is -0.338 e. The first-order chi connectivity index (χ1) is 13.7. The monoisotopic (exact) mass is 377 g/mol. The summed E-state index contributed by atoms with van der Waals surface area (Å²) >= 11 is 0. The standard InChI is InChI=1S/C23H27N3O2/c1-2-12-24-13-15-25(16-14-24)23(28)21(18-8-4-3-5-9-18)26-17-19-10-6-7-11-20(19)22(26)27/h3-11,21H,2,12-17H2,1H3/t21-/m0/s1. The summed E-state index contributed by atoms with van der Waals surface area (Å²) in [5.41, 5.74) is 2.59. The largest absolute Gasteiger partial charge is 0.338 e. The number of carbonyl (C=O) groups excluding carboxylic acids is 2. The van der Waals surface area contributed by atoms with Gasteiger partial charge < -0.3 is 9.80 Å². The summed E-state index contributed by atoms with van der Waals surface area (Å²) in [6.07, 6.45) is 1.13. The van der Waals surface area contributed by atoms with E-state index in [1.165, 1.54) is 0 Å². The molecule has 0 spiro atoms. The van der Waals surface area contributed by atoms with Crippen LogP contribution in [0.1, 0.15) is 40.9 Å². The van der Waals surface area contributed by atoms with Gasteiger partial charge in [-0.05, 0) is 30.2 Å². The normalized spacial score (nSPS) is 18.2. The summed E-state index contributed by atoms with van der Waals surface area (Å²) < 4.78 is 0. The van der Waals surface area contributed by atoms with Gasteiger partial charge in [0.1, 0.15) is 6.04 Å². The van der Waals surface area contributed by atoms with Crippen molar-refractivity contribution in [1.29, 1.82) is 0 Å². The SMILES string of the molecule is CCCN1CCN(C(=O)[C@H](c2ccccc2)N2Cc3ccccc3C2=O)CC1. The zero-order valence-electron chi connectivity index (χ0n) is 16.4. The van der Waals surface area contributed by atoms with Gasteiger partial charge in [-0.2, -0.15) is 0 Å². The fourth-order valence-electron chi connectivity index (χ4n) is 4.26. The van der Waals surface area contributed by atoms with E-state index in [2.05, 4.69) is 11.8 Å². The van der Waals surface area contributed by atoms with Gasteiger partial charge >= 0.3 is 0 Å². The summed E-state index contributed by atoms with van der Waals surface area (Å²) in [7, 11) is 0. The molecular weight excluding hydrogens is 350 g/mol. The molecule has 0 N–H and O–H groups in total. The van der Waals surface area contributed by atoms with Crippen molar-refractivity contribution in [2.75, 3.05) is 32.7 Å². The van der Waals surface area contributed by atoms with Gasteiger partial charge in [0.15, 0.2) is 0 Å². The lowest BCUT2D eigenvalue weighted by Crippen LogP contribution is -2.52. The fraction of sp³-hybridized carbons (Fsp3) is 0.391. The van der Waals surface area contributed by atoms with Crippen molar-refractivity contribution >= 4 is 11.8 Å². The minimum atomic E-state index is -0.571. The summed E-state index contributed by atoms with van der Waals surface area (Å²) in [5, 5.41) is 0. The Hall–Kier alpha value is -2.66. The van der Waals surface area contributed by atoms with Crippen molar-refractivity contribution in [2.45, 2.75) is 25.9 Å². The van der Waals surface area contributed by atoms with E-state index in [0.717, 1.165) is 50.3 Å². The Morgan fingerprint density at radius 2 is 1.64 bits per heavy atom. The zero-order chi connectivity index (χ0) is 19.5. The molecule has 2 aliphatic rings. The quantitative estimate of drug-likeness (QED) is 0.805. The number of rotatable bonds is 5. The summed E-state index contributed by atoms with van der Waals surface area (Å²) in [4.78, 5) is 32.7. The Labute approximate surface area is 166 Å². The van der Waals surface area contributed by atoms with Crippen molar-refractivity contribution in [3.05, 3.63) is 71.3 Å². The molecule has 5 heteroatoms. The first-order valence-electron chi connectivity index (χ1n) is 10.1. The number of piperazine rings is 1. The third-order valence-electron chi connectivity index (χ3n) is 5.73. The van der Waals surface area contributed by atoms with Crippen LogP contribution in [0.5, 0.6) is 0 Å². The lowest BCUT2D eigenvalue weighted by Gasteiger charge is -2.38. The van der Waals surface area contributed by atoms with Gasteiger partial charge in [-0.15, -0.1) is 0 Å². The summed E-state index contributed by atoms with van der Waals surface area (Å²) in [5.74, 6) is -0.0223. The second-order valence-corrected chi connectivity index (χ2v) is 7.57. The molecule has 0 unspecified atom stereocenters. The molecule has 2 aromatic carbocycles. The molecule has 5 nitrogen and oxygen atoms in total. The molecule has 4 rings (SSSR count). The van der Waals surface area contributed by atoms with Crippen LogP contribution in [-0.4, -0.2) is 59.2 Å². The molecule has 2 heterocycles. The average molecular weight is 377 g/mol. The lowest BCUT2D eigenvalue weighted by molar-refractivity contribution is -0.138. The fourth-order valence-corrected chi connectivity index (χ4v) is 4.26. The van der Waals surface area contributed by atoms with Crippen molar-refractivity contribution < 1.29 is 9.59 Å². The number of carbonyl (C=O) groups is 2. The molecule has 2 aromatic rings. The molecule has 1 fully saturated rings. The molecule has 0 radical (unpaired) electrons. The van der Waals surface area contributed by atoms with Crippen LogP contribution >= 0.6 is 0 Å². The van der Waals surface area contributed by atoms with E-state index >= 15 is 0 Å². The highest BCUT2D eigenvalue weighted by Crippen LogP contribution is 2.32. The molecule has 146 valence electrons. The van der Waals surface area contributed by atoms with Crippen LogP contribution in [0.3, 0.4) is 0 Å². The molecule has 2 amide bonds. The van der Waals surface area contributed by atoms with Gasteiger partial charge in [-0.25, -0.2) is 0 Å². The van der Waals surface area contributed by atoms with Crippen molar-refractivity contribution in [3.63, 3.8) is 0 Å². The Morgan fingerprint density at radius 1 is 0.964 bits per heavy atom. The van der Waals surface area contributed by atoms with E-state index in [4.69, 9.17) is 0 Å². The first-order valence-corrected chi connectivity index (χ1v) is 10.1. The van der Waals surface area contributed by atoms with Gasteiger partial charge in [0.05, 0.1) is 0 Å². The maximum absolute atomic E-state index is 13.6. The lowest BCUT2D eigenvalue weighted by atomic mass is 10.0. The smallest absolute Gasteiger partial charge is 0.255 e. The Kier molecular flexibility index (Phi) is 5.44. The van der Waals surface area contributed by atoms with E-state index in [-0.39, 0.29) is 11.8 Å². The third-order valence-corrected chi connectivity index (χ3v) is 5.73. The predicted octanol–water partition coefficient (Wildman–Crippen LogP) is 2.94. The topological polar surface area (TPSA) is 43.9 Å². The minimum absolute atomic E-state index is 0.0310. The summed E-state index contributed by atoms with van der Waals surface area (Å²) in [6.45, 7) is 6.97. The number of nitrogens with zero attached hydrogens (tertiary/aromatic N) is 3. The van der Waals surface area contributed by atoms with E-state index in [1.807, 2.05) is 59.5 Å². The van der Waals surface area contributed by atoms with Gasteiger partial charge in [-0.3, -0.25) is 14.5 Å². The first kappa shape index (κ1) is 18.7. The Balaban J connectivity index is 1.59. The molecule has 0 saturated carbocycles. The molecular formula is C23H27N3O2. The second-order valence-electron chi connectivity index (χ2n) is 7.57. The molecule has 28 heavy (non-hydrogen) atoms. The van der Waals surface area contributed by atoms with E-state index in [1.54, 1.807) is 4.90 Å². The van der Waals surface area contributed by atoms with E-state index in [0.29, 0.717) is 12.1 Å². The number of hydrogen-bond donors (Lipinski definition) is 0. The van der Waals surface area contributed by atoms with Crippen LogP contribution in [0.15, 0.2) is 54.6 Å². The highest BCUT2D eigenvalue weighted by molar-refractivity contribution is 6.01. The number of hydrogen-bond acceptors (Lipinski definition) is 3. The van der Waals surface area contributed by atoms with E-state index in [9.17, 15) is 9.59 Å². The average Bonchev–Trinajstić information content (AvgIpc) is 3.06. The molecule has 1 atom stereocenters. The van der Waals surface area contributed by atoms with Crippen LogP contribution in [0.25, 0.3) is 0 Å². The van der Waals surface area contributed by atoms with Crippen LogP contribution in [0.4, 0.5) is 0 Å². The Bertz CT molecular complexity index is 844. The molecule has 0 bridgehead atoms. The zero-order valence-corrected chi connectivity index (χ0v) is 16.4. The van der Waals surface area contributed by atoms with Crippen molar-refractivity contribution in [1.82, 2.24) is 14.7 Å². The van der Waals surface area contributed by atoms with Crippen molar-refractivity contribution in [2.24, 2.45) is 0 Å². The van der Waals surface area contributed by atoms with E-state index < -0.39 is 6.04 Å². The molecule has 0 aromatic heterocycles. The maximum Gasteiger partial charge on any atom is 0.255 e. The Morgan fingerprint density at radius 3 is 2.32 bits per heavy atom. The highest BCUT2D eigenvalue weighted by atomic mass is 16.2. The number of fused-ring (bicyclic) bond motifs is 1. The van der Waals surface area contributed by atoms with Gasteiger partial charge in [0.25, 0.3) is 5.91 Å². The second kappa shape index (κ2) is 8.15. The van der Waals surface area contributed by atoms with Gasteiger partial charge in [0.2, 0.25) is 5.91 Å². The molecule has 1 saturated heterocycles. The molecule has 2 aliphatic heterocycles. The number of amides is 2. The highest BCUT2D eigenvalue weighted by Gasteiger charge is 2.39. The van der Waals surface area contributed by atoms with Crippen LogP contribution in [-0.2, 0) is 11.3 Å². The molecule has 0 aliphatic carbocycles. The number of benzene rings is 2. The van der Waals surface area contributed by atoms with Gasteiger partial charge in [-0.1, -0.05) is 55.5 Å². The van der Waals surface area contributed by atoms with Gasteiger partial charge in [0, 0.05) is 38.3 Å². The predicted molar refractivity (Wildman–Crippen MR) is 109 cm³/mol. The third kappa shape index (κ3) is 3.54. The summed E-state index contributed by atoms with van der Waals surface area (Å²) in [6, 6.07) is 16.8. The van der Waals surface area contributed by atoms with Crippen LogP contribution in [0, 0.1) is 0 Å².